The highest BCUT2D eigenvalue weighted by molar-refractivity contribution is 5.28. The van der Waals surface area contributed by atoms with Gasteiger partial charge in [0.1, 0.15) is 23.7 Å². The number of nitrogens with one attached hydrogen (secondary N) is 1. The molecule has 2 aromatic rings. The van der Waals surface area contributed by atoms with Crippen molar-refractivity contribution in [2.75, 3.05) is 26.2 Å². The maximum absolute atomic E-state index is 10.8. The average molecular weight is 316 g/mol. The van der Waals surface area contributed by atoms with Gasteiger partial charge < -0.3 is 9.84 Å². The summed E-state index contributed by atoms with van der Waals surface area (Å²) in [5.41, 5.74) is 0.993. The fraction of sp³-hybridized carbons (Fsp3) is 0.529. The number of nitrogens with zero attached hydrogens (tertiary/aromatic N) is 3. The molecule has 3 rings (SSSR count). The monoisotopic (exact) mass is 316 g/mol. The molecule has 6 heteroatoms. The van der Waals surface area contributed by atoms with E-state index in [4.69, 9.17) is 4.74 Å². The lowest BCUT2D eigenvalue weighted by Crippen LogP contribution is -2.47. The van der Waals surface area contributed by atoms with Crippen LogP contribution in [-0.4, -0.2) is 51.7 Å². The summed E-state index contributed by atoms with van der Waals surface area (Å²) in [4.78, 5) is 2.22. The second-order valence-corrected chi connectivity index (χ2v) is 6.12. The maximum atomic E-state index is 10.8. The first-order valence-corrected chi connectivity index (χ1v) is 8.22. The molecule has 1 atom stereocenters. The number of hydrogen-bond donors (Lipinski definition) is 2. The van der Waals surface area contributed by atoms with E-state index in [9.17, 15) is 5.11 Å². The Labute approximate surface area is 136 Å². The van der Waals surface area contributed by atoms with E-state index in [1.807, 2.05) is 12.1 Å². The third-order valence-corrected chi connectivity index (χ3v) is 4.42. The Morgan fingerprint density at radius 3 is 3.13 bits per heavy atom. The van der Waals surface area contributed by atoms with E-state index in [0.29, 0.717) is 18.8 Å². The minimum absolute atomic E-state index is 0.567. The summed E-state index contributed by atoms with van der Waals surface area (Å²) in [7, 11) is 0. The largest absolute Gasteiger partial charge is 0.492 e. The molecule has 1 aliphatic rings. The summed E-state index contributed by atoms with van der Waals surface area (Å²) in [6, 6.07) is 8.21. The van der Waals surface area contributed by atoms with Gasteiger partial charge in [-0.15, -0.1) is 0 Å². The highest BCUT2D eigenvalue weighted by Crippen LogP contribution is 2.29. The van der Waals surface area contributed by atoms with Crippen LogP contribution in [0.2, 0.25) is 0 Å². The standard InChI is InChI=1S/C17H24N4O2/c1-2-14-5-3-6-15(11-14)23-10-9-21-8-4-7-17(22,13-21)16-12-18-20-19-16/h3,5-6,11-12,22H,2,4,7-10,13H2,1H3,(H,18,19,20). The summed E-state index contributed by atoms with van der Waals surface area (Å²) < 4.78 is 5.85. The summed E-state index contributed by atoms with van der Waals surface area (Å²) in [5.74, 6) is 0.910. The molecular weight excluding hydrogens is 292 g/mol. The van der Waals surface area contributed by atoms with Crippen molar-refractivity contribution in [1.29, 1.82) is 0 Å². The normalized spacial score (nSPS) is 22.2. The Hall–Kier alpha value is -1.92. The van der Waals surface area contributed by atoms with Crippen LogP contribution >= 0.6 is 0 Å². The molecule has 1 aromatic carbocycles. The first kappa shape index (κ1) is 16.0. The topological polar surface area (TPSA) is 74.3 Å². The summed E-state index contributed by atoms with van der Waals surface area (Å²) in [5, 5.41) is 21.2. The van der Waals surface area contributed by atoms with Crippen molar-refractivity contribution < 1.29 is 9.84 Å². The van der Waals surface area contributed by atoms with E-state index in [0.717, 1.165) is 38.1 Å². The highest BCUT2D eigenvalue weighted by atomic mass is 16.5. The lowest BCUT2D eigenvalue weighted by Gasteiger charge is -2.37. The second-order valence-electron chi connectivity index (χ2n) is 6.12. The van der Waals surface area contributed by atoms with E-state index in [1.165, 1.54) is 5.56 Å². The molecule has 0 amide bonds. The average Bonchev–Trinajstić information content (AvgIpc) is 3.11. The molecule has 0 bridgehead atoms. The molecule has 0 radical (unpaired) electrons. The molecule has 1 saturated heterocycles. The van der Waals surface area contributed by atoms with Crippen molar-refractivity contribution in [3.63, 3.8) is 0 Å². The van der Waals surface area contributed by atoms with Crippen LogP contribution in [0.5, 0.6) is 5.75 Å². The molecule has 0 spiro atoms. The predicted octanol–water partition coefficient (Wildman–Crippen LogP) is 1.73. The number of β-amino-alcohol motifs (C(OH)–C–C–N with tert-alkyl or cyclic N) is 1. The van der Waals surface area contributed by atoms with E-state index in [1.54, 1.807) is 6.20 Å². The van der Waals surface area contributed by atoms with Gasteiger partial charge in [0.25, 0.3) is 0 Å². The Morgan fingerprint density at radius 2 is 2.35 bits per heavy atom. The summed E-state index contributed by atoms with van der Waals surface area (Å²) in [6.07, 6.45) is 4.27. The van der Waals surface area contributed by atoms with E-state index >= 15 is 0 Å². The SMILES string of the molecule is CCc1cccc(OCCN2CCCC(O)(c3cn[nH]n3)C2)c1. The second kappa shape index (κ2) is 7.10. The zero-order chi connectivity index (χ0) is 16.1. The van der Waals surface area contributed by atoms with Gasteiger partial charge in [-0.1, -0.05) is 19.1 Å². The molecule has 2 heterocycles. The fourth-order valence-electron chi connectivity index (χ4n) is 3.10. The number of aromatic nitrogens is 3. The molecule has 0 aliphatic carbocycles. The van der Waals surface area contributed by atoms with Gasteiger partial charge in [0.15, 0.2) is 0 Å². The van der Waals surface area contributed by atoms with E-state index < -0.39 is 5.60 Å². The number of piperidine rings is 1. The molecule has 0 saturated carbocycles. The van der Waals surface area contributed by atoms with Crippen LogP contribution in [0.1, 0.15) is 31.0 Å². The van der Waals surface area contributed by atoms with E-state index in [-0.39, 0.29) is 0 Å². The van der Waals surface area contributed by atoms with Crippen LogP contribution in [0.4, 0.5) is 0 Å². The first-order chi connectivity index (χ1) is 11.2. The number of aromatic amines is 1. The van der Waals surface area contributed by atoms with Crippen LogP contribution in [0.25, 0.3) is 0 Å². The smallest absolute Gasteiger partial charge is 0.123 e. The number of H-pyrrole nitrogens is 1. The molecule has 1 aliphatic heterocycles. The van der Waals surface area contributed by atoms with Crippen LogP contribution < -0.4 is 4.74 Å². The molecule has 6 nitrogen and oxygen atoms in total. The third kappa shape index (κ3) is 3.89. The Bertz CT molecular complexity index is 617. The molecule has 1 unspecified atom stereocenters. The third-order valence-electron chi connectivity index (χ3n) is 4.42. The van der Waals surface area contributed by atoms with Crippen molar-refractivity contribution in [2.45, 2.75) is 31.8 Å². The fourth-order valence-corrected chi connectivity index (χ4v) is 3.10. The molecular formula is C17H24N4O2. The molecule has 1 aromatic heterocycles. The van der Waals surface area contributed by atoms with E-state index in [2.05, 4.69) is 39.4 Å². The van der Waals surface area contributed by atoms with Gasteiger partial charge in [-0.2, -0.15) is 15.4 Å². The number of rotatable bonds is 6. The number of benzene rings is 1. The number of aliphatic hydroxyl groups is 1. The van der Waals surface area contributed by atoms with Gasteiger partial charge in [-0.25, -0.2) is 0 Å². The molecule has 124 valence electrons. The van der Waals surface area contributed by atoms with Crippen molar-refractivity contribution in [3.05, 3.63) is 41.7 Å². The number of aryl methyl sites for hydroxylation is 1. The minimum Gasteiger partial charge on any atom is -0.492 e. The van der Waals surface area contributed by atoms with Gasteiger partial charge in [-0.3, -0.25) is 4.90 Å². The lowest BCUT2D eigenvalue weighted by atomic mass is 9.90. The Kier molecular flexibility index (Phi) is 4.93. The Balaban J connectivity index is 1.52. The van der Waals surface area contributed by atoms with Crippen molar-refractivity contribution in [3.8, 4) is 5.75 Å². The van der Waals surface area contributed by atoms with Crippen molar-refractivity contribution >= 4 is 0 Å². The number of ether oxygens (including phenoxy) is 1. The first-order valence-electron chi connectivity index (χ1n) is 8.22. The molecule has 23 heavy (non-hydrogen) atoms. The van der Waals surface area contributed by atoms with Gasteiger partial charge in [0.2, 0.25) is 0 Å². The summed E-state index contributed by atoms with van der Waals surface area (Å²) >= 11 is 0. The van der Waals surface area contributed by atoms with Crippen LogP contribution in [-0.2, 0) is 12.0 Å². The molecule has 1 fully saturated rings. The van der Waals surface area contributed by atoms with Crippen LogP contribution in [0.15, 0.2) is 30.5 Å². The van der Waals surface area contributed by atoms with Crippen molar-refractivity contribution in [1.82, 2.24) is 20.3 Å². The minimum atomic E-state index is -0.909. The van der Waals surface area contributed by atoms with Crippen LogP contribution in [0.3, 0.4) is 0 Å². The van der Waals surface area contributed by atoms with Gasteiger partial charge in [0.05, 0.1) is 6.20 Å². The van der Waals surface area contributed by atoms with Gasteiger partial charge >= 0.3 is 0 Å². The van der Waals surface area contributed by atoms with Crippen LogP contribution in [0, 0.1) is 0 Å². The number of hydrogen-bond acceptors (Lipinski definition) is 5. The molecule has 2 N–H and O–H groups in total. The zero-order valence-electron chi connectivity index (χ0n) is 13.5. The lowest BCUT2D eigenvalue weighted by molar-refractivity contribution is -0.0412. The number of likely N-dealkylation sites (tertiary alicyclic amines) is 1. The maximum Gasteiger partial charge on any atom is 0.123 e. The summed E-state index contributed by atoms with van der Waals surface area (Å²) in [6.45, 7) is 5.08. The predicted molar refractivity (Wildman–Crippen MR) is 87.3 cm³/mol. The quantitative estimate of drug-likeness (QED) is 0.849. The highest BCUT2D eigenvalue weighted by Gasteiger charge is 2.36. The van der Waals surface area contributed by atoms with Gasteiger partial charge in [0, 0.05) is 13.1 Å². The van der Waals surface area contributed by atoms with Crippen molar-refractivity contribution in [2.24, 2.45) is 0 Å². The zero-order valence-corrected chi connectivity index (χ0v) is 13.5. The van der Waals surface area contributed by atoms with Gasteiger partial charge in [-0.05, 0) is 43.5 Å². The Morgan fingerprint density at radius 1 is 1.43 bits per heavy atom.